The molecule has 0 bridgehead atoms. The fraction of sp³-hybridized carbons (Fsp3) is 0.0667. The monoisotopic (exact) mass is 349 g/mol. The van der Waals surface area contributed by atoms with E-state index in [-0.39, 0.29) is 5.91 Å². The highest BCUT2D eigenvalue weighted by molar-refractivity contribution is 7.15. The Labute approximate surface area is 140 Å². The Hall–Kier alpha value is -1.89. The maximum absolute atomic E-state index is 12.0. The van der Waals surface area contributed by atoms with Crippen molar-refractivity contribution in [3.63, 3.8) is 0 Å². The average molecular weight is 350 g/mol. The highest BCUT2D eigenvalue weighted by Crippen LogP contribution is 2.21. The lowest BCUT2D eigenvalue weighted by atomic mass is 10.2. The summed E-state index contributed by atoms with van der Waals surface area (Å²) >= 11 is 8.67. The van der Waals surface area contributed by atoms with E-state index in [9.17, 15) is 4.79 Å². The van der Waals surface area contributed by atoms with Crippen molar-refractivity contribution in [2.24, 2.45) is 0 Å². The van der Waals surface area contributed by atoms with Crippen LogP contribution in [0.25, 0.3) is 0 Å². The number of halogens is 1. The second kappa shape index (κ2) is 6.91. The Morgan fingerprint density at radius 2 is 2.09 bits per heavy atom. The Morgan fingerprint density at radius 1 is 1.23 bits per heavy atom. The molecule has 0 aliphatic heterocycles. The molecule has 2 N–H and O–H groups in total. The van der Waals surface area contributed by atoms with Crippen LogP contribution >= 0.6 is 34.3 Å². The van der Waals surface area contributed by atoms with Crippen molar-refractivity contribution >= 4 is 51.6 Å². The molecule has 0 fully saturated rings. The van der Waals surface area contributed by atoms with E-state index >= 15 is 0 Å². The van der Waals surface area contributed by atoms with E-state index in [2.05, 4.69) is 15.6 Å². The number of carbonyl (C=O) groups excluding carboxylic acids is 1. The van der Waals surface area contributed by atoms with Crippen molar-refractivity contribution in [1.82, 2.24) is 4.98 Å². The molecule has 3 rings (SSSR count). The Kier molecular flexibility index (Phi) is 4.72. The van der Waals surface area contributed by atoms with Crippen molar-refractivity contribution in [2.45, 2.75) is 6.54 Å². The van der Waals surface area contributed by atoms with Gasteiger partial charge in [0, 0.05) is 22.4 Å². The van der Waals surface area contributed by atoms with Crippen LogP contribution in [0.5, 0.6) is 0 Å². The lowest BCUT2D eigenvalue weighted by Gasteiger charge is -2.08. The first-order valence-corrected chi connectivity index (χ1v) is 8.57. The lowest BCUT2D eigenvalue weighted by molar-refractivity contribution is 0.103. The maximum Gasteiger partial charge on any atom is 0.265 e. The molecule has 0 saturated carbocycles. The molecule has 1 aromatic carbocycles. The molecule has 1 amide bonds. The molecule has 2 heterocycles. The number of nitrogens with one attached hydrogen (secondary N) is 2. The van der Waals surface area contributed by atoms with Crippen LogP contribution in [-0.2, 0) is 6.54 Å². The first-order valence-electron chi connectivity index (χ1n) is 6.50. The number of thiophene rings is 1. The van der Waals surface area contributed by atoms with E-state index < -0.39 is 0 Å². The van der Waals surface area contributed by atoms with E-state index in [0.717, 1.165) is 16.3 Å². The van der Waals surface area contributed by atoms with Gasteiger partial charge in [-0.1, -0.05) is 23.7 Å². The minimum absolute atomic E-state index is 0.0959. The third kappa shape index (κ3) is 3.85. The summed E-state index contributed by atoms with van der Waals surface area (Å²) in [7, 11) is 0. The zero-order chi connectivity index (χ0) is 15.4. The van der Waals surface area contributed by atoms with Crippen LogP contribution in [0.2, 0.25) is 4.47 Å². The number of nitrogens with zero attached hydrogens (tertiary/aromatic N) is 1. The number of aromatic nitrogens is 1. The Bertz CT molecular complexity index is 771. The van der Waals surface area contributed by atoms with Crippen molar-refractivity contribution in [2.75, 3.05) is 10.6 Å². The minimum atomic E-state index is -0.0959. The van der Waals surface area contributed by atoms with E-state index in [1.54, 1.807) is 12.3 Å². The van der Waals surface area contributed by atoms with E-state index in [1.807, 2.05) is 35.7 Å². The predicted octanol–water partition coefficient (Wildman–Crippen LogP) is 4.72. The van der Waals surface area contributed by atoms with Gasteiger partial charge in [-0.05, 0) is 29.6 Å². The Morgan fingerprint density at radius 3 is 2.82 bits per heavy atom. The topological polar surface area (TPSA) is 54.0 Å². The van der Waals surface area contributed by atoms with Gasteiger partial charge in [0.05, 0.1) is 11.4 Å². The predicted molar refractivity (Wildman–Crippen MR) is 93.2 cm³/mol. The molecule has 7 heteroatoms. The molecule has 4 nitrogen and oxygen atoms in total. The summed E-state index contributed by atoms with van der Waals surface area (Å²) in [5.41, 5.74) is 1.68. The number of anilines is 2. The molecular weight excluding hydrogens is 338 g/mol. The molecule has 112 valence electrons. The molecule has 22 heavy (non-hydrogen) atoms. The van der Waals surface area contributed by atoms with E-state index in [0.29, 0.717) is 15.9 Å². The normalized spacial score (nSPS) is 10.4. The number of amides is 1. The maximum atomic E-state index is 12.0. The smallest absolute Gasteiger partial charge is 0.265 e. The fourth-order valence-corrected chi connectivity index (χ4v) is 3.40. The van der Waals surface area contributed by atoms with Gasteiger partial charge in [0.15, 0.2) is 4.47 Å². The van der Waals surface area contributed by atoms with Crippen molar-refractivity contribution in [3.8, 4) is 0 Å². The van der Waals surface area contributed by atoms with Crippen molar-refractivity contribution in [3.05, 3.63) is 62.2 Å². The molecule has 2 aromatic heterocycles. The van der Waals surface area contributed by atoms with Crippen molar-refractivity contribution < 1.29 is 4.79 Å². The SMILES string of the molecule is O=C(Nc1cccc(NCc2cnc(Cl)s2)c1)c1cccs1. The van der Waals surface area contributed by atoms with Gasteiger partial charge in [-0.15, -0.1) is 22.7 Å². The van der Waals surface area contributed by atoms with Gasteiger partial charge in [-0.3, -0.25) is 4.79 Å². The molecule has 0 unspecified atom stereocenters. The summed E-state index contributed by atoms with van der Waals surface area (Å²) in [4.78, 5) is 17.8. The molecule has 0 aliphatic carbocycles. The van der Waals surface area contributed by atoms with Gasteiger partial charge in [-0.25, -0.2) is 4.98 Å². The largest absolute Gasteiger partial charge is 0.380 e. The molecule has 0 atom stereocenters. The number of benzene rings is 1. The van der Waals surface area contributed by atoms with Crippen molar-refractivity contribution in [1.29, 1.82) is 0 Å². The summed E-state index contributed by atoms with van der Waals surface area (Å²) < 4.78 is 0.536. The highest BCUT2D eigenvalue weighted by atomic mass is 35.5. The van der Waals surface area contributed by atoms with Gasteiger partial charge in [0.2, 0.25) is 0 Å². The number of thiazole rings is 1. The molecular formula is C15H12ClN3OS2. The molecule has 0 saturated heterocycles. The third-order valence-electron chi connectivity index (χ3n) is 2.86. The summed E-state index contributed by atoms with van der Waals surface area (Å²) in [6, 6.07) is 11.3. The lowest BCUT2D eigenvalue weighted by Crippen LogP contribution is -2.10. The third-order valence-corrected chi connectivity index (χ3v) is 4.84. The van der Waals surface area contributed by atoms with Gasteiger partial charge in [0.1, 0.15) is 0 Å². The van der Waals surface area contributed by atoms with Gasteiger partial charge < -0.3 is 10.6 Å². The average Bonchev–Trinajstić information content (AvgIpc) is 3.17. The van der Waals surface area contributed by atoms with Gasteiger partial charge in [0.25, 0.3) is 5.91 Å². The van der Waals surface area contributed by atoms with Crippen LogP contribution in [-0.4, -0.2) is 10.9 Å². The molecule has 0 spiro atoms. The molecule has 0 aliphatic rings. The highest BCUT2D eigenvalue weighted by Gasteiger charge is 2.07. The number of hydrogen-bond acceptors (Lipinski definition) is 5. The Balaban J connectivity index is 1.63. The summed E-state index contributed by atoms with van der Waals surface area (Å²) in [5, 5.41) is 8.06. The standard InChI is InChI=1S/C15H12ClN3OS2/c16-15-18-9-12(22-15)8-17-10-3-1-4-11(7-10)19-14(20)13-5-2-6-21-13/h1-7,9,17H,8H2,(H,19,20). The summed E-state index contributed by atoms with van der Waals surface area (Å²) in [5.74, 6) is -0.0959. The summed E-state index contributed by atoms with van der Waals surface area (Å²) in [6.07, 6.45) is 1.75. The molecule has 3 aromatic rings. The van der Waals surface area contributed by atoms with Gasteiger partial charge in [-0.2, -0.15) is 0 Å². The number of hydrogen-bond donors (Lipinski definition) is 2. The first kappa shape index (κ1) is 15.0. The van der Waals surface area contributed by atoms with E-state index in [1.165, 1.54) is 22.7 Å². The van der Waals surface area contributed by atoms with Crippen LogP contribution < -0.4 is 10.6 Å². The zero-order valence-electron chi connectivity index (χ0n) is 11.4. The van der Waals surface area contributed by atoms with Crippen LogP contribution in [0.4, 0.5) is 11.4 Å². The minimum Gasteiger partial charge on any atom is -0.380 e. The first-order chi connectivity index (χ1) is 10.7. The zero-order valence-corrected chi connectivity index (χ0v) is 13.8. The second-order valence-corrected chi connectivity index (χ2v) is 7.09. The van der Waals surface area contributed by atoms with Crippen LogP contribution in [0.1, 0.15) is 14.5 Å². The van der Waals surface area contributed by atoms with Crippen LogP contribution in [0.15, 0.2) is 48.0 Å². The van der Waals surface area contributed by atoms with E-state index in [4.69, 9.17) is 11.6 Å². The molecule has 0 radical (unpaired) electrons. The summed E-state index contributed by atoms with van der Waals surface area (Å²) in [6.45, 7) is 0.646. The number of carbonyl (C=O) groups is 1. The number of rotatable bonds is 5. The second-order valence-electron chi connectivity index (χ2n) is 4.45. The van der Waals surface area contributed by atoms with Gasteiger partial charge >= 0.3 is 0 Å². The van der Waals surface area contributed by atoms with Crippen LogP contribution in [0, 0.1) is 0 Å². The van der Waals surface area contributed by atoms with Crippen LogP contribution in [0.3, 0.4) is 0 Å². The quantitative estimate of drug-likeness (QED) is 0.700. The fourth-order valence-electron chi connectivity index (χ4n) is 1.86.